The largest absolute Gasteiger partial charge is 0.365 e. The topological polar surface area (TPSA) is 76.8 Å². The minimum Gasteiger partial charge on any atom is -0.365 e. The van der Waals surface area contributed by atoms with Gasteiger partial charge in [0.05, 0.1) is 0 Å². The van der Waals surface area contributed by atoms with Gasteiger partial charge < -0.3 is 15.2 Å². The second-order valence-corrected chi connectivity index (χ2v) is 2.26. The lowest BCUT2D eigenvalue weighted by molar-refractivity contribution is -0.0582. The van der Waals surface area contributed by atoms with Crippen LogP contribution in [0.15, 0.2) is 0 Å². The standard InChI is InChI=1S/C7H17N3O3/c1-3-12-5-10(6-13-4-2)9-7(8)11/h3-6H2,1-2H3,(H3,8,9,11). The molecule has 2 amide bonds. The molecule has 0 aliphatic heterocycles. The zero-order chi connectivity index (χ0) is 10.1. The maximum absolute atomic E-state index is 10.5. The van der Waals surface area contributed by atoms with E-state index in [9.17, 15) is 4.79 Å². The fourth-order valence-electron chi connectivity index (χ4n) is 0.661. The normalized spacial score (nSPS) is 10.4. The maximum Gasteiger partial charge on any atom is 0.326 e. The lowest BCUT2D eigenvalue weighted by Gasteiger charge is -2.20. The number of nitrogens with zero attached hydrogens (tertiary/aromatic N) is 1. The predicted molar refractivity (Wildman–Crippen MR) is 47.5 cm³/mol. The summed E-state index contributed by atoms with van der Waals surface area (Å²) >= 11 is 0. The number of rotatable bonds is 7. The van der Waals surface area contributed by atoms with Crippen molar-refractivity contribution in [1.29, 1.82) is 0 Å². The van der Waals surface area contributed by atoms with Crippen molar-refractivity contribution in [2.45, 2.75) is 13.8 Å². The van der Waals surface area contributed by atoms with Crippen LogP contribution < -0.4 is 11.2 Å². The highest BCUT2D eigenvalue weighted by molar-refractivity contribution is 5.70. The predicted octanol–water partition coefficient (Wildman–Crippen LogP) is -0.140. The van der Waals surface area contributed by atoms with Crippen LogP contribution in [0.25, 0.3) is 0 Å². The molecule has 0 rings (SSSR count). The van der Waals surface area contributed by atoms with Crippen LogP contribution in [0.3, 0.4) is 0 Å². The molecule has 0 aromatic carbocycles. The Morgan fingerprint density at radius 2 is 1.77 bits per heavy atom. The zero-order valence-corrected chi connectivity index (χ0v) is 8.08. The summed E-state index contributed by atoms with van der Waals surface area (Å²) in [5, 5.41) is 1.45. The van der Waals surface area contributed by atoms with Crippen molar-refractivity contribution in [3.05, 3.63) is 0 Å². The zero-order valence-electron chi connectivity index (χ0n) is 8.08. The summed E-state index contributed by atoms with van der Waals surface area (Å²) in [6.07, 6.45) is 0. The second-order valence-electron chi connectivity index (χ2n) is 2.26. The van der Waals surface area contributed by atoms with Gasteiger partial charge >= 0.3 is 6.03 Å². The molecule has 13 heavy (non-hydrogen) atoms. The van der Waals surface area contributed by atoms with Gasteiger partial charge in [0.15, 0.2) is 0 Å². The van der Waals surface area contributed by atoms with E-state index < -0.39 is 6.03 Å². The molecule has 6 heteroatoms. The van der Waals surface area contributed by atoms with Crippen LogP contribution in [0.2, 0.25) is 0 Å². The summed E-state index contributed by atoms with van der Waals surface area (Å²) < 4.78 is 10.1. The van der Waals surface area contributed by atoms with Gasteiger partial charge in [-0.15, -0.1) is 0 Å². The molecule has 0 radical (unpaired) electrons. The van der Waals surface area contributed by atoms with Gasteiger partial charge in [0.2, 0.25) is 0 Å². The van der Waals surface area contributed by atoms with E-state index in [1.54, 1.807) is 0 Å². The first-order valence-electron chi connectivity index (χ1n) is 4.17. The number of amides is 2. The van der Waals surface area contributed by atoms with Gasteiger partial charge in [0.1, 0.15) is 13.5 Å². The summed E-state index contributed by atoms with van der Waals surface area (Å²) in [7, 11) is 0. The average Bonchev–Trinajstić information content (AvgIpc) is 2.09. The van der Waals surface area contributed by atoms with E-state index in [4.69, 9.17) is 15.2 Å². The number of nitrogens with two attached hydrogens (primary N) is 1. The Balaban J connectivity index is 3.66. The number of hydrogen-bond donors (Lipinski definition) is 2. The third-order valence-electron chi connectivity index (χ3n) is 1.17. The Kier molecular flexibility index (Phi) is 7.27. The van der Waals surface area contributed by atoms with Gasteiger partial charge in [-0.05, 0) is 13.8 Å². The van der Waals surface area contributed by atoms with Crippen molar-refractivity contribution in [2.75, 3.05) is 26.7 Å². The van der Waals surface area contributed by atoms with Gasteiger partial charge in [-0.2, -0.15) is 5.01 Å². The monoisotopic (exact) mass is 191 g/mol. The Bertz CT molecular complexity index is 135. The first kappa shape index (κ1) is 12.2. The molecule has 0 unspecified atom stereocenters. The van der Waals surface area contributed by atoms with Crippen LogP contribution in [-0.2, 0) is 9.47 Å². The van der Waals surface area contributed by atoms with E-state index in [1.165, 1.54) is 5.01 Å². The molecule has 0 heterocycles. The Morgan fingerprint density at radius 1 is 1.31 bits per heavy atom. The fourth-order valence-corrected chi connectivity index (χ4v) is 0.661. The maximum atomic E-state index is 10.5. The molecule has 0 bridgehead atoms. The van der Waals surface area contributed by atoms with Crippen LogP contribution >= 0.6 is 0 Å². The van der Waals surface area contributed by atoms with Crippen LogP contribution in [0.4, 0.5) is 4.79 Å². The molecular formula is C7H17N3O3. The number of ether oxygens (including phenoxy) is 2. The van der Waals surface area contributed by atoms with Crippen LogP contribution in [0, 0.1) is 0 Å². The van der Waals surface area contributed by atoms with Crippen LogP contribution in [-0.4, -0.2) is 37.7 Å². The van der Waals surface area contributed by atoms with Gasteiger partial charge in [-0.25, -0.2) is 4.79 Å². The van der Waals surface area contributed by atoms with E-state index in [1.807, 2.05) is 13.8 Å². The first-order chi connectivity index (χ1) is 6.20. The second kappa shape index (κ2) is 7.78. The highest BCUT2D eigenvalue weighted by Crippen LogP contribution is 1.85. The quantitative estimate of drug-likeness (QED) is 0.434. The lowest BCUT2D eigenvalue weighted by atomic mass is 10.8. The molecule has 0 atom stereocenters. The molecule has 0 spiro atoms. The third-order valence-corrected chi connectivity index (χ3v) is 1.17. The first-order valence-corrected chi connectivity index (χ1v) is 4.17. The highest BCUT2D eigenvalue weighted by atomic mass is 16.5. The average molecular weight is 191 g/mol. The number of nitrogens with one attached hydrogen (secondary N) is 1. The molecule has 78 valence electrons. The molecule has 0 saturated heterocycles. The van der Waals surface area contributed by atoms with Crippen molar-refractivity contribution in [3.8, 4) is 0 Å². The molecule has 0 aliphatic carbocycles. The number of carbonyl (C=O) groups excluding carboxylic acids is 1. The van der Waals surface area contributed by atoms with Gasteiger partial charge in [-0.1, -0.05) is 0 Å². The van der Waals surface area contributed by atoms with E-state index in [0.717, 1.165) is 0 Å². The molecule has 0 aromatic heterocycles. The van der Waals surface area contributed by atoms with E-state index in [0.29, 0.717) is 13.2 Å². The van der Waals surface area contributed by atoms with E-state index in [-0.39, 0.29) is 13.5 Å². The van der Waals surface area contributed by atoms with Crippen molar-refractivity contribution in [3.63, 3.8) is 0 Å². The SMILES string of the molecule is CCOCN(COCC)NC(N)=O. The van der Waals surface area contributed by atoms with Crippen molar-refractivity contribution < 1.29 is 14.3 Å². The molecule has 0 aromatic rings. The molecule has 0 aliphatic rings. The summed E-state index contributed by atoms with van der Waals surface area (Å²) in [6, 6.07) is -0.626. The highest BCUT2D eigenvalue weighted by Gasteiger charge is 2.05. The minimum absolute atomic E-state index is 0.263. The van der Waals surface area contributed by atoms with Gasteiger partial charge in [-0.3, -0.25) is 5.43 Å². The fraction of sp³-hybridized carbons (Fsp3) is 0.857. The smallest absolute Gasteiger partial charge is 0.326 e. The van der Waals surface area contributed by atoms with Crippen molar-refractivity contribution in [1.82, 2.24) is 10.4 Å². The van der Waals surface area contributed by atoms with Crippen LogP contribution in [0.5, 0.6) is 0 Å². The number of carbonyl (C=O) groups is 1. The van der Waals surface area contributed by atoms with Crippen molar-refractivity contribution in [2.24, 2.45) is 5.73 Å². The number of primary amides is 1. The Labute approximate surface area is 77.9 Å². The number of urea groups is 1. The minimum atomic E-state index is -0.626. The Morgan fingerprint density at radius 3 is 2.08 bits per heavy atom. The lowest BCUT2D eigenvalue weighted by Crippen LogP contribution is -2.47. The molecular weight excluding hydrogens is 174 g/mol. The summed E-state index contributed by atoms with van der Waals surface area (Å²) in [4.78, 5) is 10.5. The number of hydrazine groups is 1. The van der Waals surface area contributed by atoms with Gasteiger partial charge in [0, 0.05) is 13.2 Å². The summed E-state index contributed by atoms with van der Waals surface area (Å²) in [5.41, 5.74) is 7.31. The summed E-state index contributed by atoms with van der Waals surface area (Å²) in [5.74, 6) is 0. The van der Waals surface area contributed by atoms with E-state index in [2.05, 4.69) is 5.43 Å². The van der Waals surface area contributed by atoms with E-state index >= 15 is 0 Å². The third kappa shape index (κ3) is 7.51. The molecule has 3 N–H and O–H groups in total. The molecule has 0 saturated carbocycles. The summed E-state index contributed by atoms with van der Waals surface area (Å²) in [6.45, 7) is 5.40. The number of hydrogen-bond acceptors (Lipinski definition) is 4. The van der Waals surface area contributed by atoms with Gasteiger partial charge in [0.25, 0.3) is 0 Å². The van der Waals surface area contributed by atoms with Crippen molar-refractivity contribution >= 4 is 6.03 Å². The van der Waals surface area contributed by atoms with Crippen LogP contribution in [0.1, 0.15) is 13.8 Å². The molecule has 0 fully saturated rings. The molecule has 6 nitrogen and oxygen atoms in total. The Hall–Kier alpha value is -0.850.